The molecule has 2 rings (SSSR count). The minimum atomic E-state index is -0.211. The van der Waals surface area contributed by atoms with Crippen molar-refractivity contribution < 1.29 is 14.3 Å². The molecule has 0 aliphatic carbocycles. The van der Waals surface area contributed by atoms with Gasteiger partial charge in [0.2, 0.25) is 5.91 Å². The number of ether oxygens (including phenoxy) is 1. The van der Waals surface area contributed by atoms with Gasteiger partial charge in [-0.15, -0.1) is 0 Å². The van der Waals surface area contributed by atoms with Crippen LogP contribution in [0.25, 0.3) is 11.1 Å². The number of hydrogen-bond donors (Lipinski definition) is 2. The van der Waals surface area contributed by atoms with Crippen LogP contribution in [0.5, 0.6) is 5.75 Å². The first-order valence-electron chi connectivity index (χ1n) is 8.32. The number of amides is 2. The van der Waals surface area contributed by atoms with Crippen LogP contribution >= 0.6 is 0 Å². The Morgan fingerprint density at radius 1 is 1.08 bits per heavy atom. The van der Waals surface area contributed by atoms with Crippen molar-refractivity contribution in [3.8, 4) is 16.9 Å². The summed E-state index contributed by atoms with van der Waals surface area (Å²) >= 11 is 0. The summed E-state index contributed by atoms with van der Waals surface area (Å²) in [6, 6.07) is 15.2. The second-order valence-corrected chi connectivity index (χ2v) is 6.01. The van der Waals surface area contributed by atoms with Crippen molar-refractivity contribution in [3.05, 3.63) is 54.1 Å². The van der Waals surface area contributed by atoms with E-state index in [1.165, 1.54) is 0 Å². The number of nitrogens with one attached hydrogen (secondary N) is 2. The second-order valence-electron chi connectivity index (χ2n) is 6.01. The summed E-state index contributed by atoms with van der Waals surface area (Å²) in [4.78, 5) is 24.0. The molecule has 0 saturated heterocycles. The van der Waals surface area contributed by atoms with Crippen molar-refractivity contribution in [3.63, 3.8) is 0 Å². The van der Waals surface area contributed by atoms with Crippen molar-refractivity contribution in [1.29, 1.82) is 0 Å². The lowest BCUT2D eigenvalue weighted by Crippen LogP contribution is -2.34. The quantitative estimate of drug-likeness (QED) is 0.814. The molecule has 5 nitrogen and oxygen atoms in total. The van der Waals surface area contributed by atoms with E-state index in [9.17, 15) is 9.59 Å². The minimum Gasteiger partial charge on any atom is -0.496 e. The molecule has 0 atom stereocenters. The maximum atomic E-state index is 12.3. The van der Waals surface area contributed by atoms with Gasteiger partial charge in [0.15, 0.2) is 0 Å². The summed E-state index contributed by atoms with van der Waals surface area (Å²) < 4.78 is 5.40. The summed E-state index contributed by atoms with van der Waals surface area (Å²) in [6.45, 7) is 4.10. The number of carbonyl (C=O) groups excluding carboxylic acids is 2. The SMILES string of the molecule is COc1ccc(C(=O)NCCC(=O)NC(C)C)cc1-c1ccccc1. The molecule has 0 heterocycles. The first-order valence-corrected chi connectivity index (χ1v) is 8.32. The van der Waals surface area contributed by atoms with Gasteiger partial charge in [0.1, 0.15) is 5.75 Å². The highest BCUT2D eigenvalue weighted by atomic mass is 16.5. The van der Waals surface area contributed by atoms with Gasteiger partial charge in [0, 0.05) is 30.1 Å². The van der Waals surface area contributed by atoms with Crippen molar-refractivity contribution in [2.24, 2.45) is 0 Å². The fourth-order valence-electron chi connectivity index (χ4n) is 2.48. The molecule has 132 valence electrons. The zero-order chi connectivity index (χ0) is 18.2. The zero-order valence-electron chi connectivity index (χ0n) is 14.8. The normalized spacial score (nSPS) is 10.4. The van der Waals surface area contributed by atoms with Gasteiger partial charge < -0.3 is 15.4 Å². The fraction of sp³-hybridized carbons (Fsp3) is 0.300. The first-order chi connectivity index (χ1) is 12.0. The number of benzene rings is 2. The van der Waals surface area contributed by atoms with Crippen molar-refractivity contribution in [2.45, 2.75) is 26.3 Å². The van der Waals surface area contributed by atoms with Gasteiger partial charge in [-0.2, -0.15) is 0 Å². The molecule has 2 N–H and O–H groups in total. The third kappa shape index (κ3) is 5.35. The lowest BCUT2D eigenvalue weighted by Gasteiger charge is -2.12. The predicted molar refractivity (Wildman–Crippen MR) is 98.7 cm³/mol. The van der Waals surface area contributed by atoms with Crippen LogP contribution in [0.1, 0.15) is 30.6 Å². The van der Waals surface area contributed by atoms with Crippen LogP contribution in [0.3, 0.4) is 0 Å². The molecule has 25 heavy (non-hydrogen) atoms. The van der Waals surface area contributed by atoms with E-state index in [1.54, 1.807) is 25.3 Å². The number of hydrogen-bond acceptors (Lipinski definition) is 3. The van der Waals surface area contributed by atoms with Crippen LogP contribution in [0, 0.1) is 0 Å². The van der Waals surface area contributed by atoms with E-state index in [0.29, 0.717) is 17.9 Å². The molecule has 0 radical (unpaired) electrons. The van der Waals surface area contributed by atoms with Crippen LogP contribution < -0.4 is 15.4 Å². The molecule has 0 aromatic heterocycles. The molecule has 0 spiro atoms. The third-order valence-corrected chi connectivity index (χ3v) is 3.63. The Bertz CT molecular complexity index is 727. The molecule has 2 amide bonds. The van der Waals surface area contributed by atoms with E-state index in [0.717, 1.165) is 11.1 Å². The lowest BCUT2D eigenvalue weighted by molar-refractivity contribution is -0.121. The van der Waals surface area contributed by atoms with E-state index in [2.05, 4.69) is 10.6 Å². The van der Waals surface area contributed by atoms with Crippen molar-refractivity contribution >= 4 is 11.8 Å². The molecule has 0 unspecified atom stereocenters. The summed E-state index contributed by atoms with van der Waals surface area (Å²) in [5.74, 6) is 0.422. The Morgan fingerprint density at radius 2 is 1.80 bits per heavy atom. The van der Waals surface area contributed by atoms with Gasteiger partial charge in [-0.1, -0.05) is 30.3 Å². The molecule has 0 saturated carbocycles. The Balaban J connectivity index is 2.07. The van der Waals surface area contributed by atoms with Crippen LogP contribution in [0.2, 0.25) is 0 Å². The van der Waals surface area contributed by atoms with Gasteiger partial charge in [0.05, 0.1) is 7.11 Å². The van der Waals surface area contributed by atoms with Crippen LogP contribution in [0.15, 0.2) is 48.5 Å². The highest BCUT2D eigenvalue weighted by molar-refractivity contribution is 5.96. The number of methoxy groups -OCH3 is 1. The predicted octanol–water partition coefficient (Wildman–Crippen LogP) is 3.01. The zero-order valence-corrected chi connectivity index (χ0v) is 14.8. The van der Waals surface area contributed by atoms with Crippen LogP contribution in [0.4, 0.5) is 0 Å². The number of rotatable bonds is 7. The Morgan fingerprint density at radius 3 is 2.44 bits per heavy atom. The Hall–Kier alpha value is -2.82. The fourth-order valence-corrected chi connectivity index (χ4v) is 2.48. The third-order valence-electron chi connectivity index (χ3n) is 3.63. The average molecular weight is 340 g/mol. The van der Waals surface area contributed by atoms with Gasteiger partial charge in [-0.05, 0) is 37.6 Å². The smallest absolute Gasteiger partial charge is 0.251 e. The van der Waals surface area contributed by atoms with E-state index in [1.807, 2.05) is 44.2 Å². The monoisotopic (exact) mass is 340 g/mol. The van der Waals surface area contributed by atoms with Crippen LogP contribution in [-0.2, 0) is 4.79 Å². The topological polar surface area (TPSA) is 67.4 Å². The summed E-state index contributed by atoms with van der Waals surface area (Å²) in [7, 11) is 1.61. The minimum absolute atomic E-state index is 0.0741. The van der Waals surface area contributed by atoms with Crippen LogP contribution in [-0.4, -0.2) is 31.5 Å². The van der Waals surface area contributed by atoms with Gasteiger partial charge in [-0.3, -0.25) is 9.59 Å². The summed E-state index contributed by atoms with van der Waals surface area (Å²) in [5.41, 5.74) is 2.36. The largest absolute Gasteiger partial charge is 0.496 e. The molecule has 2 aromatic carbocycles. The van der Waals surface area contributed by atoms with E-state index in [-0.39, 0.29) is 24.3 Å². The maximum Gasteiger partial charge on any atom is 0.251 e. The van der Waals surface area contributed by atoms with Gasteiger partial charge >= 0.3 is 0 Å². The Labute approximate surface area is 148 Å². The first kappa shape index (κ1) is 18.5. The highest BCUT2D eigenvalue weighted by Crippen LogP contribution is 2.30. The molecule has 0 aliphatic heterocycles. The molecular weight excluding hydrogens is 316 g/mol. The summed E-state index contributed by atoms with van der Waals surface area (Å²) in [5, 5.41) is 5.57. The molecule has 0 fully saturated rings. The molecule has 2 aromatic rings. The van der Waals surface area contributed by atoms with E-state index in [4.69, 9.17) is 4.74 Å². The highest BCUT2D eigenvalue weighted by Gasteiger charge is 2.12. The molecule has 0 aliphatic rings. The molecular formula is C20H24N2O3. The van der Waals surface area contributed by atoms with Crippen molar-refractivity contribution in [2.75, 3.05) is 13.7 Å². The van der Waals surface area contributed by atoms with E-state index < -0.39 is 0 Å². The van der Waals surface area contributed by atoms with E-state index >= 15 is 0 Å². The number of carbonyl (C=O) groups is 2. The lowest BCUT2D eigenvalue weighted by atomic mass is 10.0. The average Bonchev–Trinajstić information content (AvgIpc) is 2.61. The maximum absolute atomic E-state index is 12.3. The summed E-state index contributed by atoms with van der Waals surface area (Å²) in [6.07, 6.45) is 0.256. The van der Waals surface area contributed by atoms with Gasteiger partial charge in [-0.25, -0.2) is 0 Å². The standard InChI is InChI=1S/C20H24N2O3/c1-14(2)22-19(23)11-12-21-20(24)16-9-10-18(25-3)17(13-16)15-7-5-4-6-8-15/h4-10,13-14H,11-12H2,1-3H3,(H,21,24)(H,22,23). The van der Waals surface area contributed by atoms with Crippen molar-refractivity contribution in [1.82, 2.24) is 10.6 Å². The molecule has 5 heteroatoms. The second kappa shape index (κ2) is 8.87. The Kier molecular flexibility index (Phi) is 6.57. The van der Waals surface area contributed by atoms with Gasteiger partial charge in [0.25, 0.3) is 5.91 Å². The molecule has 0 bridgehead atoms.